The number of amides is 1. The van der Waals surface area contributed by atoms with Gasteiger partial charge in [-0.25, -0.2) is 0 Å². The Morgan fingerprint density at radius 2 is 2.28 bits per heavy atom. The third kappa shape index (κ3) is 2.75. The van der Waals surface area contributed by atoms with Gasteiger partial charge in [0.25, 0.3) is 0 Å². The zero-order chi connectivity index (χ0) is 13.3. The van der Waals surface area contributed by atoms with Gasteiger partial charge in [0, 0.05) is 10.5 Å². The van der Waals surface area contributed by atoms with Gasteiger partial charge in [-0.2, -0.15) is 0 Å². The Hall–Kier alpha value is -0.870. The molecule has 98 valence electrons. The van der Waals surface area contributed by atoms with Crippen LogP contribution < -0.4 is 11.1 Å². The van der Waals surface area contributed by atoms with Gasteiger partial charge in [-0.05, 0) is 36.0 Å². The van der Waals surface area contributed by atoms with E-state index < -0.39 is 6.04 Å². The van der Waals surface area contributed by atoms with Crippen LogP contribution in [0.25, 0.3) is 0 Å². The van der Waals surface area contributed by atoms with Gasteiger partial charge >= 0.3 is 0 Å². The van der Waals surface area contributed by atoms with Gasteiger partial charge in [0.15, 0.2) is 0 Å². The molecule has 1 aliphatic rings. The molecule has 0 radical (unpaired) electrons. The van der Waals surface area contributed by atoms with E-state index in [1.54, 1.807) is 0 Å². The molecule has 3 nitrogen and oxygen atoms in total. The lowest BCUT2D eigenvalue weighted by molar-refractivity contribution is -0.121. The SMILES string of the molecule is CC1(C)CC[C@@H]1N[C@H](C(N)=O)c1cccc(Br)c1. The van der Waals surface area contributed by atoms with Crippen molar-refractivity contribution < 1.29 is 4.79 Å². The van der Waals surface area contributed by atoms with E-state index in [9.17, 15) is 4.79 Å². The summed E-state index contributed by atoms with van der Waals surface area (Å²) in [7, 11) is 0. The lowest BCUT2D eigenvalue weighted by Gasteiger charge is -2.46. The highest BCUT2D eigenvalue weighted by Crippen LogP contribution is 2.41. The van der Waals surface area contributed by atoms with Crippen LogP contribution in [0.5, 0.6) is 0 Å². The van der Waals surface area contributed by atoms with Crippen molar-refractivity contribution in [2.24, 2.45) is 11.1 Å². The molecule has 4 heteroatoms. The van der Waals surface area contributed by atoms with Crippen LogP contribution in [0.1, 0.15) is 38.3 Å². The standard InChI is InChI=1S/C14H19BrN2O/c1-14(2)7-6-11(14)17-12(13(16)18)9-4-3-5-10(15)8-9/h3-5,8,11-12,17H,6-7H2,1-2H3,(H2,16,18)/t11-,12-/m0/s1. The molecule has 2 rings (SSSR count). The van der Waals surface area contributed by atoms with E-state index in [0.717, 1.165) is 16.5 Å². The second-order valence-electron chi connectivity index (χ2n) is 5.64. The average molecular weight is 311 g/mol. The maximum atomic E-state index is 11.6. The summed E-state index contributed by atoms with van der Waals surface area (Å²) < 4.78 is 0.959. The monoisotopic (exact) mass is 310 g/mol. The highest BCUT2D eigenvalue weighted by molar-refractivity contribution is 9.10. The lowest BCUT2D eigenvalue weighted by Crippen LogP contribution is -2.53. The van der Waals surface area contributed by atoms with Gasteiger partial charge in [0.2, 0.25) is 5.91 Å². The number of nitrogens with one attached hydrogen (secondary N) is 1. The van der Waals surface area contributed by atoms with Crippen molar-refractivity contribution >= 4 is 21.8 Å². The summed E-state index contributed by atoms with van der Waals surface area (Å²) in [5.74, 6) is -0.323. The minimum absolute atomic E-state index is 0.250. The zero-order valence-corrected chi connectivity index (χ0v) is 12.3. The molecule has 0 spiro atoms. The molecule has 0 aliphatic heterocycles. The second kappa shape index (κ2) is 5.02. The summed E-state index contributed by atoms with van der Waals surface area (Å²) in [6, 6.07) is 7.67. The number of hydrogen-bond acceptors (Lipinski definition) is 2. The van der Waals surface area contributed by atoms with E-state index in [4.69, 9.17) is 5.73 Å². The van der Waals surface area contributed by atoms with Crippen molar-refractivity contribution in [2.45, 2.75) is 38.8 Å². The first-order valence-electron chi connectivity index (χ1n) is 6.21. The topological polar surface area (TPSA) is 55.1 Å². The van der Waals surface area contributed by atoms with E-state index in [1.165, 1.54) is 6.42 Å². The average Bonchev–Trinajstić information content (AvgIpc) is 2.27. The first-order chi connectivity index (χ1) is 8.40. The fourth-order valence-electron chi connectivity index (χ4n) is 2.40. The molecule has 1 aliphatic carbocycles. The maximum absolute atomic E-state index is 11.6. The first-order valence-corrected chi connectivity index (χ1v) is 7.00. The van der Waals surface area contributed by atoms with Crippen molar-refractivity contribution in [1.82, 2.24) is 5.32 Å². The maximum Gasteiger partial charge on any atom is 0.239 e. The van der Waals surface area contributed by atoms with Gasteiger partial charge in [0.1, 0.15) is 6.04 Å². The largest absolute Gasteiger partial charge is 0.368 e. The van der Waals surface area contributed by atoms with Crippen LogP contribution in [0.2, 0.25) is 0 Å². The number of rotatable bonds is 4. The molecule has 0 bridgehead atoms. The van der Waals surface area contributed by atoms with E-state index in [-0.39, 0.29) is 11.3 Å². The van der Waals surface area contributed by atoms with Crippen molar-refractivity contribution in [3.8, 4) is 0 Å². The molecule has 1 fully saturated rings. The predicted octanol–water partition coefficient (Wildman–Crippen LogP) is 2.75. The summed E-state index contributed by atoms with van der Waals surface area (Å²) in [5, 5.41) is 3.39. The van der Waals surface area contributed by atoms with Gasteiger partial charge in [-0.3, -0.25) is 10.1 Å². The van der Waals surface area contributed by atoms with E-state index in [2.05, 4.69) is 35.1 Å². The van der Waals surface area contributed by atoms with Crippen molar-refractivity contribution in [3.05, 3.63) is 34.3 Å². The molecule has 1 saturated carbocycles. The minimum Gasteiger partial charge on any atom is -0.368 e. The molecular weight excluding hydrogens is 292 g/mol. The van der Waals surface area contributed by atoms with Crippen molar-refractivity contribution in [2.75, 3.05) is 0 Å². The van der Waals surface area contributed by atoms with E-state index in [1.807, 2.05) is 24.3 Å². The number of carbonyl (C=O) groups is 1. The van der Waals surface area contributed by atoms with Crippen LogP contribution >= 0.6 is 15.9 Å². The quantitative estimate of drug-likeness (QED) is 0.898. The number of nitrogens with two attached hydrogens (primary N) is 1. The molecular formula is C14H19BrN2O. The molecule has 0 aromatic heterocycles. The normalized spacial score (nSPS) is 23.2. The Labute approximate surface area is 116 Å². The third-order valence-corrected chi connectivity index (χ3v) is 4.35. The lowest BCUT2D eigenvalue weighted by atomic mass is 9.67. The first kappa shape index (κ1) is 13.6. The molecule has 18 heavy (non-hydrogen) atoms. The van der Waals surface area contributed by atoms with Gasteiger partial charge in [0.05, 0.1) is 0 Å². The number of primary amides is 1. The number of hydrogen-bond donors (Lipinski definition) is 2. The van der Waals surface area contributed by atoms with Crippen LogP contribution in [-0.4, -0.2) is 11.9 Å². The fourth-order valence-corrected chi connectivity index (χ4v) is 2.82. The second-order valence-corrected chi connectivity index (χ2v) is 6.55. The molecule has 1 aromatic carbocycles. The van der Waals surface area contributed by atoms with Gasteiger partial charge in [-0.1, -0.05) is 41.9 Å². The van der Waals surface area contributed by atoms with Crippen LogP contribution in [-0.2, 0) is 4.79 Å². The van der Waals surface area contributed by atoms with E-state index in [0.29, 0.717) is 6.04 Å². The van der Waals surface area contributed by atoms with Crippen molar-refractivity contribution in [3.63, 3.8) is 0 Å². The highest BCUT2D eigenvalue weighted by atomic mass is 79.9. The minimum atomic E-state index is -0.410. The number of carbonyl (C=O) groups excluding carboxylic acids is 1. The van der Waals surface area contributed by atoms with Gasteiger partial charge in [-0.15, -0.1) is 0 Å². The summed E-state index contributed by atoms with van der Waals surface area (Å²) in [4.78, 5) is 11.6. The fraction of sp³-hybridized carbons (Fsp3) is 0.500. The Morgan fingerprint density at radius 1 is 1.56 bits per heavy atom. The van der Waals surface area contributed by atoms with Crippen LogP contribution in [0.3, 0.4) is 0 Å². The number of halogens is 1. The molecule has 1 amide bonds. The summed E-state index contributed by atoms with van der Waals surface area (Å²) in [5.41, 5.74) is 6.68. The Bertz CT molecular complexity index is 459. The van der Waals surface area contributed by atoms with Crippen LogP contribution in [0.15, 0.2) is 28.7 Å². The summed E-state index contributed by atoms with van der Waals surface area (Å²) in [6.07, 6.45) is 2.29. The van der Waals surface area contributed by atoms with Gasteiger partial charge < -0.3 is 5.73 Å². The zero-order valence-electron chi connectivity index (χ0n) is 10.7. The molecule has 0 saturated heterocycles. The number of benzene rings is 1. The molecule has 2 atom stereocenters. The summed E-state index contributed by atoms with van der Waals surface area (Å²) >= 11 is 3.42. The van der Waals surface area contributed by atoms with Crippen LogP contribution in [0, 0.1) is 5.41 Å². The molecule has 3 N–H and O–H groups in total. The Kier molecular flexibility index (Phi) is 3.78. The van der Waals surface area contributed by atoms with Crippen LogP contribution in [0.4, 0.5) is 0 Å². The third-order valence-electron chi connectivity index (χ3n) is 3.86. The summed E-state index contributed by atoms with van der Waals surface area (Å²) in [6.45, 7) is 4.43. The highest BCUT2D eigenvalue weighted by Gasteiger charge is 2.40. The molecule has 0 unspecified atom stereocenters. The molecule has 0 heterocycles. The Morgan fingerprint density at radius 3 is 2.72 bits per heavy atom. The van der Waals surface area contributed by atoms with E-state index >= 15 is 0 Å². The smallest absolute Gasteiger partial charge is 0.239 e. The van der Waals surface area contributed by atoms with Crippen molar-refractivity contribution in [1.29, 1.82) is 0 Å². The molecule has 1 aromatic rings. The predicted molar refractivity (Wildman–Crippen MR) is 76.0 cm³/mol. The Balaban J connectivity index is 2.17.